The lowest BCUT2D eigenvalue weighted by Crippen LogP contribution is -2.43. The number of nitrogens with one attached hydrogen (secondary N) is 1. The van der Waals surface area contributed by atoms with Crippen molar-refractivity contribution in [2.75, 3.05) is 33.7 Å². The third kappa shape index (κ3) is 5.45. The SMILES string of the molecule is CN(C)C(=O)C1CCCN1CCCNC(=O)/C=C/c1ccncc1. The summed E-state index contributed by atoms with van der Waals surface area (Å²) in [4.78, 5) is 31.7. The fourth-order valence-corrected chi connectivity index (χ4v) is 2.87. The quantitative estimate of drug-likeness (QED) is 0.602. The number of pyridine rings is 1. The van der Waals surface area contributed by atoms with E-state index in [2.05, 4.69) is 15.2 Å². The van der Waals surface area contributed by atoms with Crippen molar-refractivity contribution in [3.8, 4) is 0 Å². The largest absolute Gasteiger partial charge is 0.353 e. The van der Waals surface area contributed by atoms with E-state index in [-0.39, 0.29) is 17.9 Å². The number of carbonyl (C=O) groups excluding carboxylic acids is 2. The lowest BCUT2D eigenvalue weighted by Gasteiger charge is -2.25. The van der Waals surface area contributed by atoms with Gasteiger partial charge in [-0.05, 0) is 49.6 Å². The number of likely N-dealkylation sites (N-methyl/N-ethyl adjacent to an activating group) is 1. The van der Waals surface area contributed by atoms with E-state index in [1.165, 1.54) is 6.08 Å². The van der Waals surface area contributed by atoms with Crippen LogP contribution in [-0.4, -0.2) is 66.4 Å². The molecule has 0 bridgehead atoms. The van der Waals surface area contributed by atoms with Gasteiger partial charge in [-0.2, -0.15) is 0 Å². The third-order valence-electron chi connectivity index (χ3n) is 4.14. The first kappa shape index (κ1) is 18.1. The first-order chi connectivity index (χ1) is 11.6. The van der Waals surface area contributed by atoms with Crippen LogP contribution in [0.15, 0.2) is 30.6 Å². The second-order valence-electron chi connectivity index (χ2n) is 6.19. The highest BCUT2D eigenvalue weighted by atomic mass is 16.2. The number of likely N-dealkylation sites (tertiary alicyclic amines) is 1. The zero-order valence-electron chi connectivity index (χ0n) is 14.4. The Morgan fingerprint density at radius 3 is 2.83 bits per heavy atom. The minimum Gasteiger partial charge on any atom is -0.353 e. The van der Waals surface area contributed by atoms with E-state index >= 15 is 0 Å². The van der Waals surface area contributed by atoms with Crippen molar-refractivity contribution in [3.05, 3.63) is 36.2 Å². The van der Waals surface area contributed by atoms with Crippen LogP contribution in [0.5, 0.6) is 0 Å². The molecule has 1 atom stereocenters. The van der Waals surface area contributed by atoms with Gasteiger partial charge in [0.25, 0.3) is 0 Å². The van der Waals surface area contributed by atoms with Crippen LogP contribution in [0.3, 0.4) is 0 Å². The fraction of sp³-hybridized carbons (Fsp3) is 0.500. The Balaban J connectivity index is 1.68. The zero-order chi connectivity index (χ0) is 17.4. The molecule has 0 radical (unpaired) electrons. The van der Waals surface area contributed by atoms with Gasteiger partial charge in [0, 0.05) is 45.7 Å². The van der Waals surface area contributed by atoms with Crippen molar-refractivity contribution in [2.45, 2.75) is 25.3 Å². The van der Waals surface area contributed by atoms with E-state index in [0.29, 0.717) is 6.54 Å². The Bertz CT molecular complexity index is 572. The number of nitrogens with zero attached hydrogens (tertiary/aromatic N) is 3. The first-order valence-corrected chi connectivity index (χ1v) is 8.39. The van der Waals surface area contributed by atoms with Gasteiger partial charge in [-0.3, -0.25) is 19.5 Å². The number of carbonyl (C=O) groups is 2. The van der Waals surface area contributed by atoms with Crippen molar-refractivity contribution in [1.29, 1.82) is 0 Å². The van der Waals surface area contributed by atoms with Gasteiger partial charge in [0.1, 0.15) is 0 Å². The lowest BCUT2D eigenvalue weighted by molar-refractivity contribution is -0.133. The van der Waals surface area contributed by atoms with Crippen molar-refractivity contribution in [2.24, 2.45) is 0 Å². The lowest BCUT2D eigenvalue weighted by atomic mass is 10.2. The molecule has 0 saturated carbocycles. The molecule has 1 aliphatic heterocycles. The molecule has 2 heterocycles. The molecule has 2 amide bonds. The molecule has 2 rings (SSSR count). The van der Waals surface area contributed by atoms with E-state index in [4.69, 9.17) is 0 Å². The normalized spacial score (nSPS) is 18.0. The molecule has 0 aromatic carbocycles. The van der Waals surface area contributed by atoms with Crippen LogP contribution in [0, 0.1) is 0 Å². The summed E-state index contributed by atoms with van der Waals surface area (Å²) in [6.45, 7) is 2.40. The van der Waals surface area contributed by atoms with Crippen molar-refractivity contribution >= 4 is 17.9 Å². The molecule has 1 aromatic rings. The molecule has 130 valence electrons. The smallest absolute Gasteiger partial charge is 0.243 e. The number of rotatable bonds is 7. The molecule has 6 nitrogen and oxygen atoms in total. The Labute approximate surface area is 143 Å². The summed E-state index contributed by atoms with van der Waals surface area (Å²) in [7, 11) is 3.60. The molecule has 0 spiro atoms. The van der Waals surface area contributed by atoms with Gasteiger partial charge < -0.3 is 10.2 Å². The Morgan fingerprint density at radius 2 is 2.12 bits per heavy atom. The standard InChI is InChI=1S/C18H26N4O2/c1-21(2)18(24)16-5-3-13-22(16)14-4-10-20-17(23)7-6-15-8-11-19-12-9-15/h6-9,11-12,16H,3-5,10,13-14H2,1-2H3,(H,20,23)/b7-6+. The van der Waals surface area contributed by atoms with Crippen LogP contribution in [0.25, 0.3) is 6.08 Å². The summed E-state index contributed by atoms with van der Waals surface area (Å²) >= 11 is 0. The van der Waals surface area contributed by atoms with Gasteiger partial charge >= 0.3 is 0 Å². The summed E-state index contributed by atoms with van der Waals surface area (Å²) in [6, 6.07) is 3.69. The van der Waals surface area contributed by atoms with Crippen LogP contribution in [0.1, 0.15) is 24.8 Å². The van der Waals surface area contributed by atoms with Crippen LogP contribution in [0.4, 0.5) is 0 Å². The van der Waals surface area contributed by atoms with Crippen molar-refractivity contribution < 1.29 is 9.59 Å². The number of amides is 2. The molecule has 1 saturated heterocycles. The van der Waals surface area contributed by atoms with Crippen molar-refractivity contribution in [1.82, 2.24) is 20.1 Å². The Hall–Kier alpha value is -2.21. The van der Waals surface area contributed by atoms with Gasteiger partial charge in [-0.1, -0.05) is 0 Å². The summed E-state index contributed by atoms with van der Waals surface area (Å²) < 4.78 is 0. The molecule has 1 aromatic heterocycles. The molecule has 1 N–H and O–H groups in total. The molecule has 24 heavy (non-hydrogen) atoms. The van der Waals surface area contributed by atoms with Gasteiger partial charge in [-0.15, -0.1) is 0 Å². The monoisotopic (exact) mass is 330 g/mol. The van der Waals surface area contributed by atoms with Crippen LogP contribution in [-0.2, 0) is 9.59 Å². The van der Waals surface area contributed by atoms with Gasteiger partial charge in [0.05, 0.1) is 6.04 Å². The summed E-state index contributed by atoms with van der Waals surface area (Å²) in [6.07, 6.45) is 9.51. The fourth-order valence-electron chi connectivity index (χ4n) is 2.87. The maximum Gasteiger partial charge on any atom is 0.243 e. The van der Waals surface area contributed by atoms with E-state index in [9.17, 15) is 9.59 Å². The minimum atomic E-state index is -0.103. The second kappa shape index (κ2) is 9.17. The van der Waals surface area contributed by atoms with Gasteiger partial charge in [-0.25, -0.2) is 0 Å². The molecule has 1 unspecified atom stereocenters. The number of hydrogen-bond acceptors (Lipinski definition) is 4. The summed E-state index contributed by atoms with van der Waals surface area (Å²) in [5.74, 6) is 0.0750. The Kier molecular flexibility index (Phi) is 6.93. The average Bonchev–Trinajstić information content (AvgIpc) is 3.05. The predicted molar refractivity (Wildman–Crippen MR) is 94.2 cm³/mol. The predicted octanol–water partition coefficient (Wildman–Crippen LogP) is 1.15. The first-order valence-electron chi connectivity index (χ1n) is 8.39. The van der Waals surface area contributed by atoms with Crippen LogP contribution < -0.4 is 5.32 Å². The molecule has 0 aliphatic carbocycles. The molecule has 6 heteroatoms. The number of hydrogen-bond donors (Lipinski definition) is 1. The second-order valence-corrected chi connectivity index (χ2v) is 6.19. The molecule has 1 aliphatic rings. The highest BCUT2D eigenvalue weighted by molar-refractivity contribution is 5.91. The zero-order valence-corrected chi connectivity index (χ0v) is 14.4. The maximum atomic E-state index is 12.1. The molecular weight excluding hydrogens is 304 g/mol. The molecule has 1 fully saturated rings. The highest BCUT2D eigenvalue weighted by Crippen LogP contribution is 2.18. The van der Waals surface area contributed by atoms with Gasteiger partial charge in [0.2, 0.25) is 11.8 Å². The topological polar surface area (TPSA) is 65.5 Å². The maximum absolute atomic E-state index is 12.1. The van der Waals surface area contributed by atoms with Gasteiger partial charge in [0.15, 0.2) is 0 Å². The third-order valence-corrected chi connectivity index (χ3v) is 4.14. The summed E-state index contributed by atoms with van der Waals surface area (Å²) in [5.41, 5.74) is 0.947. The van der Waals surface area contributed by atoms with Crippen LogP contribution >= 0.6 is 0 Å². The van der Waals surface area contributed by atoms with E-state index < -0.39 is 0 Å². The molecular formula is C18H26N4O2. The van der Waals surface area contributed by atoms with E-state index in [0.717, 1.165) is 37.9 Å². The van der Waals surface area contributed by atoms with Crippen LogP contribution in [0.2, 0.25) is 0 Å². The van der Waals surface area contributed by atoms with E-state index in [1.807, 2.05) is 12.1 Å². The Morgan fingerprint density at radius 1 is 1.38 bits per heavy atom. The van der Waals surface area contributed by atoms with E-state index in [1.54, 1.807) is 37.5 Å². The van der Waals surface area contributed by atoms with Crippen molar-refractivity contribution in [3.63, 3.8) is 0 Å². The summed E-state index contributed by atoms with van der Waals surface area (Å²) in [5, 5.41) is 2.88. The average molecular weight is 330 g/mol. The minimum absolute atomic E-state index is 0.00212. The highest BCUT2D eigenvalue weighted by Gasteiger charge is 2.30. The number of aromatic nitrogens is 1.